The van der Waals surface area contributed by atoms with E-state index in [1.807, 2.05) is 6.07 Å². The second-order valence-corrected chi connectivity index (χ2v) is 14.6. The number of hydrogen-bond donors (Lipinski definition) is 0. The van der Waals surface area contributed by atoms with Gasteiger partial charge in [-0.2, -0.15) is 0 Å². The number of benzene rings is 6. The minimum atomic E-state index is 0.136. The number of aromatic nitrogens is 1. The molecule has 0 radical (unpaired) electrons. The lowest BCUT2D eigenvalue weighted by Gasteiger charge is -2.26. The third kappa shape index (κ3) is 5.81. The Labute approximate surface area is 312 Å². The van der Waals surface area contributed by atoms with Crippen LogP contribution in [0.15, 0.2) is 181 Å². The molecule has 2 aliphatic rings. The van der Waals surface area contributed by atoms with E-state index in [-0.39, 0.29) is 11.8 Å². The summed E-state index contributed by atoms with van der Waals surface area (Å²) in [4.78, 5) is 5.41. The second-order valence-electron chi connectivity index (χ2n) is 14.6. The molecule has 0 saturated carbocycles. The molecule has 0 saturated heterocycles. The Hall–Kier alpha value is -6.25. The first-order valence-electron chi connectivity index (χ1n) is 18.6. The van der Waals surface area contributed by atoms with Crippen LogP contribution in [0.1, 0.15) is 46.2 Å². The van der Waals surface area contributed by atoms with E-state index in [9.17, 15) is 0 Å². The van der Waals surface area contributed by atoms with Crippen molar-refractivity contribution < 1.29 is 0 Å². The standard InChI is InChI=1S/C51H42N2/c1-33-16-11-12-22-42(33)45-32-50-47(28-35(45)3)44-23-13-14-25-49(44)53(50)41-27-26-39-30-40-21-15-24-43(51(40)46(39)31-41)36(4)52-48(38-19-9-6-10-20-38)29-34(2)37-17-7-5-8-18-37/h5-29,31-32,43,51H,2,30H2,1,3-4H3/b48-29-,52-36?. The van der Waals surface area contributed by atoms with Crippen LogP contribution in [0.2, 0.25) is 0 Å². The lowest BCUT2D eigenvalue weighted by Crippen LogP contribution is -2.20. The average Bonchev–Trinajstić information content (AvgIpc) is 3.73. The molecule has 7 aromatic rings. The molecule has 53 heavy (non-hydrogen) atoms. The summed E-state index contributed by atoms with van der Waals surface area (Å²) in [6.45, 7) is 11.1. The van der Waals surface area contributed by atoms with Crippen LogP contribution >= 0.6 is 0 Å². The van der Waals surface area contributed by atoms with E-state index >= 15 is 0 Å². The Kier molecular flexibility index (Phi) is 8.24. The van der Waals surface area contributed by atoms with Crippen LogP contribution < -0.4 is 0 Å². The summed E-state index contributed by atoms with van der Waals surface area (Å²) in [5, 5.41) is 2.57. The monoisotopic (exact) mass is 682 g/mol. The van der Waals surface area contributed by atoms with Gasteiger partial charge in [0.2, 0.25) is 0 Å². The molecule has 0 aliphatic heterocycles. The number of aryl methyl sites for hydroxylation is 2. The molecule has 2 nitrogen and oxygen atoms in total. The molecule has 0 amide bonds. The molecule has 0 fully saturated rings. The fourth-order valence-electron chi connectivity index (χ4n) is 8.60. The topological polar surface area (TPSA) is 17.3 Å². The van der Waals surface area contributed by atoms with Crippen molar-refractivity contribution >= 4 is 38.8 Å². The first-order valence-corrected chi connectivity index (χ1v) is 18.6. The fourth-order valence-corrected chi connectivity index (χ4v) is 8.60. The van der Waals surface area contributed by atoms with Crippen LogP contribution in [0.3, 0.4) is 0 Å². The molecule has 2 atom stereocenters. The van der Waals surface area contributed by atoms with Crippen molar-refractivity contribution in [3.63, 3.8) is 0 Å². The molecule has 9 rings (SSSR count). The number of rotatable bonds is 7. The molecule has 2 heteroatoms. The van der Waals surface area contributed by atoms with E-state index < -0.39 is 0 Å². The first-order chi connectivity index (χ1) is 25.9. The lowest BCUT2D eigenvalue weighted by atomic mass is 9.79. The number of allylic oxidation sites excluding steroid dienone is 6. The third-order valence-corrected chi connectivity index (χ3v) is 11.3. The van der Waals surface area contributed by atoms with Gasteiger partial charge in [-0.25, -0.2) is 0 Å². The third-order valence-electron chi connectivity index (χ3n) is 11.3. The smallest absolute Gasteiger partial charge is 0.0707 e. The average molecular weight is 683 g/mol. The Balaban J connectivity index is 1.16. The fraction of sp³-hybridized carbons (Fsp3) is 0.118. The van der Waals surface area contributed by atoms with E-state index in [1.165, 1.54) is 66.4 Å². The van der Waals surface area contributed by atoms with Crippen molar-refractivity contribution in [1.82, 2.24) is 4.57 Å². The molecule has 256 valence electrons. The minimum absolute atomic E-state index is 0.136. The van der Waals surface area contributed by atoms with E-state index in [1.54, 1.807) is 0 Å². The molecule has 2 unspecified atom stereocenters. The van der Waals surface area contributed by atoms with Crippen LogP contribution in [0.25, 0.3) is 49.9 Å². The maximum atomic E-state index is 5.41. The van der Waals surface area contributed by atoms with E-state index in [0.29, 0.717) is 0 Å². The Bertz CT molecular complexity index is 2680. The summed E-state index contributed by atoms with van der Waals surface area (Å²) in [5.74, 6) is 0.364. The molecular weight excluding hydrogens is 641 g/mol. The van der Waals surface area contributed by atoms with Crippen molar-refractivity contribution in [3.8, 4) is 16.8 Å². The molecule has 0 bridgehead atoms. The van der Waals surface area contributed by atoms with Gasteiger partial charge >= 0.3 is 0 Å². The largest absolute Gasteiger partial charge is 0.309 e. The predicted octanol–water partition coefficient (Wildman–Crippen LogP) is 13.0. The summed E-state index contributed by atoms with van der Waals surface area (Å²) in [6, 6.07) is 50.4. The Morgan fingerprint density at radius 3 is 2.21 bits per heavy atom. The van der Waals surface area contributed by atoms with Crippen molar-refractivity contribution in [1.29, 1.82) is 0 Å². The lowest BCUT2D eigenvalue weighted by molar-refractivity contribution is 0.709. The van der Waals surface area contributed by atoms with E-state index in [4.69, 9.17) is 4.99 Å². The van der Waals surface area contributed by atoms with Gasteiger partial charge in [0.05, 0.1) is 16.7 Å². The number of nitrogens with zero attached hydrogens (tertiary/aromatic N) is 2. The summed E-state index contributed by atoms with van der Waals surface area (Å²) >= 11 is 0. The highest BCUT2D eigenvalue weighted by molar-refractivity contribution is 6.10. The van der Waals surface area contributed by atoms with Gasteiger partial charge < -0.3 is 4.57 Å². The Morgan fingerprint density at radius 1 is 0.698 bits per heavy atom. The van der Waals surface area contributed by atoms with Crippen LogP contribution in [0.5, 0.6) is 0 Å². The zero-order chi connectivity index (χ0) is 36.1. The van der Waals surface area contributed by atoms with Gasteiger partial charge in [-0.1, -0.05) is 140 Å². The molecule has 1 aromatic heterocycles. The predicted molar refractivity (Wildman–Crippen MR) is 226 cm³/mol. The van der Waals surface area contributed by atoms with Gasteiger partial charge in [-0.15, -0.1) is 0 Å². The Morgan fingerprint density at radius 2 is 1.42 bits per heavy atom. The van der Waals surface area contributed by atoms with Crippen LogP contribution in [-0.2, 0) is 6.42 Å². The van der Waals surface area contributed by atoms with Gasteiger partial charge in [-0.05, 0) is 108 Å². The molecule has 6 aromatic carbocycles. The molecular formula is C51H42N2. The van der Waals surface area contributed by atoms with Crippen molar-refractivity contribution in [2.24, 2.45) is 10.9 Å². The summed E-state index contributed by atoms with van der Waals surface area (Å²) in [6.07, 6.45) is 10.0. The molecule has 1 heterocycles. The number of hydrogen-bond acceptors (Lipinski definition) is 1. The zero-order valence-electron chi connectivity index (χ0n) is 30.6. The quantitative estimate of drug-likeness (QED) is 0.118. The number of para-hydroxylation sites is 1. The van der Waals surface area contributed by atoms with Crippen LogP contribution in [0.4, 0.5) is 0 Å². The highest BCUT2D eigenvalue weighted by Gasteiger charge is 2.36. The van der Waals surface area contributed by atoms with Crippen molar-refractivity contribution in [3.05, 3.63) is 209 Å². The van der Waals surface area contributed by atoms with Gasteiger partial charge in [0.1, 0.15) is 0 Å². The van der Waals surface area contributed by atoms with Crippen molar-refractivity contribution in [2.75, 3.05) is 0 Å². The summed E-state index contributed by atoms with van der Waals surface area (Å²) in [7, 11) is 0. The maximum absolute atomic E-state index is 5.41. The van der Waals surface area contributed by atoms with Crippen LogP contribution in [0, 0.1) is 19.8 Å². The molecule has 0 spiro atoms. The number of fused-ring (bicyclic) bond motifs is 6. The van der Waals surface area contributed by atoms with Crippen LogP contribution in [-0.4, -0.2) is 10.3 Å². The zero-order valence-corrected chi connectivity index (χ0v) is 30.6. The van der Waals surface area contributed by atoms with Gasteiger partial charge in [0, 0.05) is 39.6 Å². The number of aliphatic imine (C=N–C) groups is 1. The summed E-state index contributed by atoms with van der Waals surface area (Å²) in [5.41, 5.74) is 18.2. The van der Waals surface area contributed by atoms with Gasteiger partial charge in [0.25, 0.3) is 0 Å². The van der Waals surface area contributed by atoms with Gasteiger partial charge in [0.15, 0.2) is 0 Å². The minimum Gasteiger partial charge on any atom is -0.309 e. The van der Waals surface area contributed by atoms with E-state index in [0.717, 1.165) is 34.5 Å². The first kappa shape index (κ1) is 32.6. The second kappa shape index (κ2) is 13.4. The normalized spacial score (nSPS) is 16.8. The molecule has 0 N–H and O–H groups in total. The highest BCUT2D eigenvalue weighted by atomic mass is 15.0. The SMILES string of the molecule is C=C(/C=C(\N=C(C)C1C=CC=C2Cc3ccc(-n4c5ccccc5c5cc(C)c(-c6ccccc6C)cc54)cc3C21)c1ccccc1)c1ccccc1. The van der Waals surface area contributed by atoms with E-state index in [2.05, 4.69) is 190 Å². The van der Waals surface area contributed by atoms with Gasteiger partial charge in [-0.3, -0.25) is 4.99 Å². The molecule has 2 aliphatic carbocycles. The summed E-state index contributed by atoms with van der Waals surface area (Å²) < 4.78 is 2.48. The van der Waals surface area contributed by atoms with Crippen molar-refractivity contribution in [2.45, 2.75) is 33.1 Å². The maximum Gasteiger partial charge on any atom is 0.0707 e. The highest BCUT2D eigenvalue weighted by Crippen LogP contribution is 2.47.